The number of fused-ring (bicyclic) bond motifs is 1. The van der Waals surface area contributed by atoms with Gasteiger partial charge in [-0.2, -0.15) is 18.2 Å². The quantitative estimate of drug-likeness (QED) is 0.0823. The zero-order valence-electron chi connectivity index (χ0n) is 46.6. The van der Waals surface area contributed by atoms with Gasteiger partial charge < -0.3 is 14.4 Å². The maximum atomic E-state index is 15.0. The molecule has 0 saturated heterocycles. The standard InChI is InChI=1S/C37H40F4N4O2S/c1-4-43(5-2)18-19-44(22-26-6-10-28(11-7-26)29-12-14-30(15-13-29)37(39,40)41)34(46)23-45-33-21-25(3)20-32(33)35(47)42-36(45)48-24-27-8-16-31(38)17-9-27/h6-17,25H,4-5,18-24H2,1-3H3/i6D,7D,8D,9D,10D,11D,12D,13D,14D,15D,16D,17D,20D2,21D2,23D2,24D2,25D. The van der Waals surface area contributed by atoms with Crippen LogP contribution in [0.3, 0.4) is 0 Å². The van der Waals surface area contributed by atoms with E-state index in [0.29, 0.717) is 24.9 Å². The van der Waals surface area contributed by atoms with Crippen molar-refractivity contribution in [1.82, 2.24) is 19.4 Å². The fourth-order valence-corrected chi connectivity index (χ4v) is 4.93. The lowest BCUT2D eigenvalue weighted by molar-refractivity contribution is -0.137. The Morgan fingerprint density at radius 2 is 1.60 bits per heavy atom. The molecule has 1 aliphatic carbocycles. The van der Waals surface area contributed by atoms with E-state index in [0.717, 1.165) is 0 Å². The molecule has 0 N–H and O–H groups in total. The van der Waals surface area contributed by atoms with Gasteiger partial charge >= 0.3 is 6.18 Å². The van der Waals surface area contributed by atoms with E-state index in [4.69, 9.17) is 26.0 Å². The van der Waals surface area contributed by atoms with E-state index in [1.165, 1.54) is 0 Å². The molecule has 1 amide bonds. The van der Waals surface area contributed by atoms with E-state index in [-0.39, 0.29) is 22.9 Å². The molecule has 1 heterocycles. The molecule has 0 saturated carbocycles. The van der Waals surface area contributed by atoms with Crippen LogP contribution < -0.4 is 5.56 Å². The van der Waals surface area contributed by atoms with Crippen molar-refractivity contribution in [3.63, 3.8) is 0 Å². The molecule has 1 aliphatic rings. The molecule has 254 valence electrons. The van der Waals surface area contributed by atoms with Gasteiger partial charge in [0.05, 0.1) is 24.8 Å². The second-order valence-corrected chi connectivity index (χ2v) is 10.8. The lowest BCUT2D eigenvalue weighted by Gasteiger charge is -2.28. The number of aromatic nitrogens is 2. The van der Waals surface area contributed by atoms with E-state index in [1.807, 2.05) is 0 Å². The molecular weight excluding hydrogens is 640 g/mol. The summed E-state index contributed by atoms with van der Waals surface area (Å²) in [6.45, 7) is -1.03. The third kappa shape index (κ3) is 8.73. The summed E-state index contributed by atoms with van der Waals surface area (Å²) in [4.78, 5) is 34.7. The summed E-state index contributed by atoms with van der Waals surface area (Å²) in [6, 6.07) is -15.6. The first-order chi connectivity index (χ1) is 31.3. The molecule has 0 fully saturated rings. The first-order valence-corrected chi connectivity index (χ1v) is 15.1. The van der Waals surface area contributed by atoms with E-state index in [1.54, 1.807) is 18.7 Å². The van der Waals surface area contributed by atoms with Gasteiger partial charge in [-0.15, -0.1) is 0 Å². The van der Waals surface area contributed by atoms with Crippen LogP contribution in [0.1, 0.15) is 77.5 Å². The Morgan fingerprint density at radius 1 is 1.00 bits per heavy atom. The normalized spacial score (nSPS) is 24.9. The minimum absolute atomic E-state index is 0.0121. The smallest absolute Gasteiger partial charge is 0.336 e. The van der Waals surface area contributed by atoms with Crippen molar-refractivity contribution in [2.75, 3.05) is 26.2 Å². The summed E-state index contributed by atoms with van der Waals surface area (Å²) in [6.07, 6.45) is -12.2. The number of amides is 1. The molecule has 6 nitrogen and oxygen atoms in total. The van der Waals surface area contributed by atoms with E-state index in [2.05, 4.69) is 4.98 Å². The van der Waals surface area contributed by atoms with Gasteiger partial charge in [0.1, 0.15) is 12.3 Å². The molecule has 4 aromatic rings. The maximum absolute atomic E-state index is 15.0. The van der Waals surface area contributed by atoms with Crippen LogP contribution in [-0.4, -0.2) is 51.4 Å². The van der Waals surface area contributed by atoms with Crippen LogP contribution in [0.15, 0.2) is 82.5 Å². The first-order valence-electron chi connectivity index (χ1n) is 24.8. The Kier molecular flexibility index (Phi) is 5.53. The monoisotopic (exact) mass is 701 g/mol. The zero-order chi connectivity index (χ0) is 53.0. The lowest BCUT2D eigenvalue weighted by atomic mass is 10.0. The van der Waals surface area contributed by atoms with Crippen LogP contribution in [-0.2, 0) is 42.5 Å². The summed E-state index contributed by atoms with van der Waals surface area (Å²) in [7, 11) is 0. The Balaban J connectivity index is 1.81. The topological polar surface area (TPSA) is 58.4 Å². The van der Waals surface area contributed by atoms with Crippen molar-refractivity contribution >= 4 is 17.7 Å². The van der Waals surface area contributed by atoms with Crippen molar-refractivity contribution < 1.29 is 51.1 Å². The van der Waals surface area contributed by atoms with Crippen LogP contribution in [0.5, 0.6) is 0 Å². The number of carbonyl (C=O) groups excluding carboxylic acids is 1. The summed E-state index contributed by atoms with van der Waals surface area (Å²) >= 11 is -0.384. The number of carbonyl (C=O) groups is 1. The minimum Gasteiger partial charge on any atom is -0.336 e. The SMILES string of the molecule is [2H]c1c([2H])c(C([2H])([2H])Sc2nc(=O)c3c(n2C([2H])([2H])C(=O)N(CCN(CC)CC)Cc2c([2H])c([2H])c(-c4c([2H])c([2H])c(C(F)(F)F)c([2H])c4[2H])c([2H])c2[2H])C([2H])([2H])C([2H])(C)C3([2H])[2H])c([2H])c([2H])c1F. The Bertz CT molecular complexity index is 2770. The van der Waals surface area contributed by atoms with Gasteiger partial charge in [-0.1, -0.05) is 80.9 Å². The van der Waals surface area contributed by atoms with E-state index < -0.39 is 184 Å². The predicted molar refractivity (Wildman–Crippen MR) is 181 cm³/mol. The fourth-order valence-electron chi connectivity index (χ4n) is 4.28. The summed E-state index contributed by atoms with van der Waals surface area (Å²) < 4.78 is 237. The highest BCUT2D eigenvalue weighted by atomic mass is 32.2. The molecule has 3 aromatic carbocycles. The highest BCUT2D eigenvalue weighted by molar-refractivity contribution is 7.98. The number of hydrogen-bond donors (Lipinski definition) is 0. The first kappa shape index (κ1) is 17.1. The maximum Gasteiger partial charge on any atom is 0.416 e. The number of thioether (sulfide) groups is 1. The van der Waals surface area contributed by atoms with Crippen molar-refractivity contribution in [3.05, 3.63) is 117 Å². The van der Waals surface area contributed by atoms with Crippen LogP contribution >= 0.6 is 11.8 Å². The fraction of sp³-hybridized carbons (Fsp3) is 0.378. The zero-order valence-corrected chi connectivity index (χ0v) is 26.4. The van der Waals surface area contributed by atoms with Gasteiger partial charge in [-0.05, 0) is 78.2 Å². The molecule has 5 rings (SSSR count). The van der Waals surface area contributed by atoms with Gasteiger partial charge in [0.25, 0.3) is 5.56 Å². The molecule has 0 aliphatic heterocycles. The van der Waals surface area contributed by atoms with Crippen molar-refractivity contribution in [1.29, 1.82) is 0 Å². The Labute approximate surface area is 312 Å². The molecule has 11 heteroatoms. The number of halogens is 4. The van der Waals surface area contributed by atoms with Gasteiger partial charge in [0, 0.05) is 46.2 Å². The molecule has 0 bridgehead atoms. The number of likely N-dealkylation sites (N-methyl/N-ethyl adjacent to an activating group) is 1. The van der Waals surface area contributed by atoms with Gasteiger partial charge in [-0.25, -0.2) is 4.39 Å². The van der Waals surface area contributed by atoms with Crippen LogP contribution in [0.2, 0.25) is 0 Å². The summed E-state index contributed by atoms with van der Waals surface area (Å²) in [5, 5.41) is -1.30. The molecule has 1 aromatic heterocycles. The van der Waals surface area contributed by atoms with Crippen molar-refractivity contribution in [3.8, 4) is 11.1 Å². The molecule has 48 heavy (non-hydrogen) atoms. The summed E-state index contributed by atoms with van der Waals surface area (Å²) in [5.41, 5.74) is -13.6. The average Bonchev–Trinajstić information content (AvgIpc) is 3.34. The molecule has 0 radical (unpaired) electrons. The van der Waals surface area contributed by atoms with E-state index in [9.17, 15) is 25.1 Å². The number of alkyl halides is 3. The number of rotatable bonds is 13. The molecule has 0 spiro atoms. The third-order valence-electron chi connectivity index (χ3n) is 6.78. The average molecular weight is 702 g/mol. The second-order valence-electron chi connectivity index (χ2n) is 9.99. The number of benzene rings is 3. The third-order valence-corrected chi connectivity index (χ3v) is 7.54. The van der Waals surface area contributed by atoms with Crippen molar-refractivity contribution in [2.45, 2.75) is 63.6 Å². The van der Waals surface area contributed by atoms with Crippen LogP contribution in [0.4, 0.5) is 17.6 Å². The number of nitrogens with zero attached hydrogens (tertiary/aromatic N) is 4. The van der Waals surface area contributed by atoms with Crippen molar-refractivity contribution in [2.24, 2.45) is 5.89 Å². The van der Waals surface area contributed by atoms with Gasteiger partial charge in [0.15, 0.2) is 5.16 Å². The summed E-state index contributed by atoms with van der Waals surface area (Å²) in [5.74, 6) is -6.51. The minimum atomic E-state index is -5.38. The lowest BCUT2D eigenvalue weighted by Crippen LogP contribution is -2.40. The largest absolute Gasteiger partial charge is 0.416 e. The molecule has 1 unspecified atom stereocenters. The van der Waals surface area contributed by atoms with E-state index >= 15 is 4.79 Å². The highest BCUT2D eigenvalue weighted by Crippen LogP contribution is 2.32. The van der Waals surface area contributed by atoms with Gasteiger partial charge in [0.2, 0.25) is 5.91 Å². The van der Waals surface area contributed by atoms with Crippen LogP contribution in [0.25, 0.3) is 11.1 Å². The predicted octanol–water partition coefficient (Wildman–Crippen LogP) is 7.47. The number of hydrogen-bond acceptors (Lipinski definition) is 5. The van der Waals surface area contributed by atoms with Crippen LogP contribution in [0, 0.1) is 11.7 Å². The molecule has 1 atom stereocenters. The second kappa shape index (κ2) is 15.5. The Hall–Kier alpha value is -3.96. The Morgan fingerprint density at radius 3 is 2.21 bits per heavy atom. The molecular formula is C37H40F4N4O2S. The highest BCUT2D eigenvalue weighted by Gasteiger charge is 2.30. The van der Waals surface area contributed by atoms with Gasteiger partial charge in [-0.3, -0.25) is 9.59 Å².